The second-order valence-electron chi connectivity index (χ2n) is 9.00. The van der Waals surface area contributed by atoms with Gasteiger partial charge in [-0.2, -0.15) is 9.97 Å². The van der Waals surface area contributed by atoms with Crippen LogP contribution in [0, 0.1) is 12.8 Å². The molecule has 5 nitrogen and oxygen atoms in total. The minimum Gasteiger partial charge on any atom is -0.365 e. The van der Waals surface area contributed by atoms with Gasteiger partial charge in [-0.15, -0.1) is 6.58 Å². The van der Waals surface area contributed by atoms with Crippen LogP contribution in [-0.4, -0.2) is 25.6 Å². The first-order chi connectivity index (χ1) is 16.5. The first kappa shape index (κ1) is 22.9. The van der Waals surface area contributed by atoms with Gasteiger partial charge in [-0.25, -0.2) is 4.98 Å². The lowest BCUT2D eigenvalue weighted by atomic mass is 9.78. The van der Waals surface area contributed by atoms with Crippen LogP contribution < -0.4 is 5.32 Å². The van der Waals surface area contributed by atoms with Crippen LogP contribution in [0.5, 0.6) is 0 Å². The Morgan fingerprint density at radius 2 is 1.91 bits per heavy atom. The molecule has 1 aliphatic rings. The minimum absolute atomic E-state index is 0.188. The van der Waals surface area contributed by atoms with Crippen LogP contribution in [0.4, 0.5) is 5.82 Å². The number of rotatable bonds is 8. The Hall–Kier alpha value is -2.89. The minimum atomic E-state index is 0.188. The van der Waals surface area contributed by atoms with E-state index >= 15 is 0 Å². The molecule has 0 amide bonds. The molecule has 0 bridgehead atoms. The molecule has 7 heteroatoms. The maximum absolute atomic E-state index is 6.38. The Morgan fingerprint density at radius 1 is 1.12 bits per heavy atom. The van der Waals surface area contributed by atoms with Crippen LogP contribution in [0.3, 0.4) is 0 Å². The molecular formula is C27H27Cl2N5. The summed E-state index contributed by atoms with van der Waals surface area (Å²) in [6, 6.07) is 16.5. The summed E-state index contributed by atoms with van der Waals surface area (Å²) in [5.41, 5.74) is 4.74. The number of hydrogen-bond donors (Lipinski definition) is 1. The van der Waals surface area contributed by atoms with Gasteiger partial charge in [0.15, 0.2) is 11.5 Å². The molecule has 1 N–H and O–H groups in total. The number of anilines is 1. The Morgan fingerprint density at radius 3 is 2.59 bits per heavy atom. The first-order valence-electron chi connectivity index (χ1n) is 11.6. The van der Waals surface area contributed by atoms with E-state index in [2.05, 4.69) is 51.6 Å². The highest BCUT2D eigenvalue weighted by molar-refractivity contribution is 6.30. The second-order valence-corrected chi connectivity index (χ2v) is 9.77. The van der Waals surface area contributed by atoms with Crippen molar-refractivity contribution < 1.29 is 0 Å². The van der Waals surface area contributed by atoms with Gasteiger partial charge in [-0.1, -0.05) is 60.0 Å². The zero-order valence-electron chi connectivity index (χ0n) is 19.1. The van der Waals surface area contributed by atoms with Crippen molar-refractivity contribution in [2.75, 3.05) is 5.32 Å². The summed E-state index contributed by atoms with van der Waals surface area (Å²) in [4.78, 5) is 14.1. The summed E-state index contributed by atoms with van der Waals surface area (Å²) >= 11 is 12.5. The van der Waals surface area contributed by atoms with Crippen molar-refractivity contribution in [3.63, 3.8) is 0 Å². The summed E-state index contributed by atoms with van der Waals surface area (Å²) in [5.74, 6) is 2.15. The molecular weight excluding hydrogens is 465 g/mol. The van der Waals surface area contributed by atoms with E-state index in [0.29, 0.717) is 29.0 Å². The highest BCUT2D eigenvalue weighted by Gasteiger charge is 2.28. The van der Waals surface area contributed by atoms with E-state index in [1.807, 2.05) is 36.4 Å². The largest absolute Gasteiger partial charge is 0.365 e. The van der Waals surface area contributed by atoms with Crippen molar-refractivity contribution in [3.05, 3.63) is 82.6 Å². The van der Waals surface area contributed by atoms with Crippen molar-refractivity contribution >= 4 is 40.2 Å². The molecule has 1 aliphatic carbocycles. The number of fused-ring (bicyclic) bond motifs is 1. The summed E-state index contributed by atoms with van der Waals surface area (Å²) in [7, 11) is 0. The Bertz CT molecular complexity index is 1330. The van der Waals surface area contributed by atoms with Gasteiger partial charge in [0, 0.05) is 23.2 Å². The normalized spacial score (nSPS) is 14.7. The smallest absolute Gasteiger partial charge is 0.226 e. The van der Waals surface area contributed by atoms with Gasteiger partial charge in [-0.3, -0.25) is 0 Å². The van der Waals surface area contributed by atoms with E-state index in [4.69, 9.17) is 28.2 Å². The average molecular weight is 492 g/mol. The lowest BCUT2D eigenvalue weighted by molar-refractivity contribution is 0.275. The zero-order chi connectivity index (χ0) is 23.7. The highest BCUT2D eigenvalue weighted by atomic mass is 35.5. The van der Waals surface area contributed by atoms with Crippen LogP contribution in [-0.2, 0) is 6.54 Å². The average Bonchev–Trinajstić information content (AvgIpc) is 3.12. The van der Waals surface area contributed by atoms with E-state index in [0.717, 1.165) is 28.9 Å². The molecule has 1 saturated carbocycles. The standard InChI is InChI=1S/C27H27Cl2N5/c1-3-6-22(19-8-5-9-19)30-24-23-25(33-27(29)32-24)31-26(20-10-4-7-17(2)15-20)34(23)16-18-11-13-21(28)14-12-18/h3-4,7,10-15,19,22H,1,5-6,8-9,16H2,2H3,(H,30,32,33). The lowest BCUT2D eigenvalue weighted by Gasteiger charge is -2.34. The number of aryl methyl sites for hydroxylation is 1. The molecule has 4 aromatic rings. The van der Waals surface area contributed by atoms with Gasteiger partial charge < -0.3 is 9.88 Å². The summed E-state index contributed by atoms with van der Waals surface area (Å²) in [6.45, 7) is 6.65. The van der Waals surface area contributed by atoms with Crippen LogP contribution >= 0.6 is 23.2 Å². The molecule has 2 aromatic carbocycles. The molecule has 2 aromatic heterocycles. The topological polar surface area (TPSA) is 55.6 Å². The molecule has 0 spiro atoms. The zero-order valence-corrected chi connectivity index (χ0v) is 20.7. The predicted molar refractivity (Wildman–Crippen MR) is 141 cm³/mol. The number of benzene rings is 2. The van der Waals surface area contributed by atoms with E-state index in [-0.39, 0.29) is 11.3 Å². The van der Waals surface area contributed by atoms with E-state index < -0.39 is 0 Å². The fourth-order valence-corrected chi connectivity index (χ4v) is 4.90. The van der Waals surface area contributed by atoms with E-state index in [1.54, 1.807) is 0 Å². The van der Waals surface area contributed by atoms with Gasteiger partial charge in [0.25, 0.3) is 0 Å². The molecule has 174 valence electrons. The molecule has 1 fully saturated rings. The van der Waals surface area contributed by atoms with Gasteiger partial charge >= 0.3 is 0 Å². The Balaban J connectivity index is 1.67. The maximum Gasteiger partial charge on any atom is 0.226 e. The van der Waals surface area contributed by atoms with E-state index in [9.17, 15) is 0 Å². The number of nitrogens with zero attached hydrogens (tertiary/aromatic N) is 4. The summed E-state index contributed by atoms with van der Waals surface area (Å²) in [5, 5.41) is 4.59. The quantitative estimate of drug-likeness (QED) is 0.207. The molecule has 2 heterocycles. The number of aromatic nitrogens is 4. The molecule has 34 heavy (non-hydrogen) atoms. The maximum atomic E-state index is 6.38. The highest BCUT2D eigenvalue weighted by Crippen LogP contribution is 2.35. The van der Waals surface area contributed by atoms with Crippen LogP contribution in [0.15, 0.2) is 61.2 Å². The predicted octanol–water partition coefficient (Wildman–Crippen LogP) is 7.31. The first-order valence-corrected chi connectivity index (χ1v) is 12.4. The lowest BCUT2D eigenvalue weighted by Crippen LogP contribution is -2.33. The third kappa shape index (κ3) is 4.68. The van der Waals surface area contributed by atoms with Crippen LogP contribution in [0.25, 0.3) is 22.6 Å². The number of hydrogen-bond acceptors (Lipinski definition) is 4. The van der Waals surface area contributed by atoms with Crippen molar-refractivity contribution in [3.8, 4) is 11.4 Å². The van der Waals surface area contributed by atoms with Gasteiger partial charge in [0.05, 0.1) is 0 Å². The van der Waals surface area contributed by atoms with Crippen molar-refractivity contribution in [2.24, 2.45) is 5.92 Å². The number of nitrogens with one attached hydrogen (secondary N) is 1. The monoisotopic (exact) mass is 491 g/mol. The fraction of sp³-hybridized carbons (Fsp3) is 0.296. The van der Waals surface area contributed by atoms with Crippen LogP contribution in [0.2, 0.25) is 10.3 Å². The molecule has 5 rings (SSSR count). The third-order valence-electron chi connectivity index (χ3n) is 6.57. The third-order valence-corrected chi connectivity index (χ3v) is 6.99. The SMILES string of the molecule is C=CCC(Nc1nc(Cl)nc2nc(-c3cccc(C)c3)n(Cc3ccc(Cl)cc3)c12)C1CCC1. The van der Waals surface area contributed by atoms with Crippen molar-refractivity contribution in [1.82, 2.24) is 19.5 Å². The number of imidazole rings is 1. The van der Waals surface area contributed by atoms with Crippen molar-refractivity contribution in [1.29, 1.82) is 0 Å². The molecule has 1 unspecified atom stereocenters. The van der Waals surface area contributed by atoms with E-state index in [1.165, 1.54) is 24.8 Å². The summed E-state index contributed by atoms with van der Waals surface area (Å²) in [6.07, 6.45) is 6.53. The van der Waals surface area contributed by atoms with Gasteiger partial charge in [0.1, 0.15) is 11.3 Å². The Labute approximate surface area is 209 Å². The number of halogens is 2. The van der Waals surface area contributed by atoms with Crippen molar-refractivity contribution in [2.45, 2.75) is 45.2 Å². The second kappa shape index (κ2) is 9.77. The molecule has 0 saturated heterocycles. The van der Waals surface area contributed by atoms with Gasteiger partial charge in [0.2, 0.25) is 5.28 Å². The molecule has 1 atom stereocenters. The summed E-state index contributed by atoms with van der Waals surface area (Å²) < 4.78 is 2.18. The fourth-order valence-electron chi connectivity index (χ4n) is 4.61. The molecule has 0 aliphatic heterocycles. The van der Waals surface area contributed by atoms with Gasteiger partial charge in [-0.05, 0) is 67.5 Å². The Kier molecular flexibility index (Phi) is 6.57. The van der Waals surface area contributed by atoms with Crippen LogP contribution in [0.1, 0.15) is 36.8 Å². The molecule has 0 radical (unpaired) electrons.